The summed E-state index contributed by atoms with van der Waals surface area (Å²) in [7, 11) is 0. The number of carbonyl (C=O) groups excluding carboxylic acids is 2. The number of hydrogen-bond acceptors (Lipinski definition) is 5. The van der Waals surface area contributed by atoms with Gasteiger partial charge in [-0.3, -0.25) is 4.79 Å². The van der Waals surface area contributed by atoms with Crippen molar-refractivity contribution in [3.8, 4) is 0 Å². The van der Waals surface area contributed by atoms with E-state index in [1.165, 1.54) is 0 Å². The molecule has 0 bridgehead atoms. The van der Waals surface area contributed by atoms with Gasteiger partial charge in [0.1, 0.15) is 13.2 Å². The summed E-state index contributed by atoms with van der Waals surface area (Å²) in [5.41, 5.74) is 3.48. The molecule has 6 heteroatoms. The van der Waals surface area contributed by atoms with E-state index < -0.39 is 5.97 Å². The Morgan fingerprint density at radius 3 is 1.72 bits per heavy atom. The van der Waals surface area contributed by atoms with E-state index in [0.717, 1.165) is 16.6 Å². The average molecular weight is 484 g/mol. The summed E-state index contributed by atoms with van der Waals surface area (Å²) in [6.07, 6.45) is 0. The minimum Gasteiger partial charge on any atom is -0.460 e. The molecule has 0 fully saturated rings. The largest absolute Gasteiger partial charge is 0.460 e. The van der Waals surface area contributed by atoms with Gasteiger partial charge in [0.2, 0.25) is 0 Å². The predicted octanol–water partition coefficient (Wildman–Crippen LogP) is 5.58. The van der Waals surface area contributed by atoms with E-state index in [1.807, 2.05) is 83.4 Å². The Balaban J connectivity index is 0.000000236. The summed E-state index contributed by atoms with van der Waals surface area (Å²) in [5.74, 6) is -0.747. The molecule has 0 amide bonds. The van der Waals surface area contributed by atoms with Gasteiger partial charge in [-0.2, -0.15) is 0 Å². The van der Waals surface area contributed by atoms with Gasteiger partial charge in [-0.25, -0.2) is 9.59 Å². The Morgan fingerprint density at radius 2 is 1.19 bits per heavy atom. The molecule has 0 aliphatic carbocycles. The maximum atomic E-state index is 12.6. The molecule has 0 atom stereocenters. The van der Waals surface area contributed by atoms with Crippen LogP contribution < -0.4 is 5.43 Å². The zero-order valence-corrected chi connectivity index (χ0v) is 20.5. The van der Waals surface area contributed by atoms with E-state index in [4.69, 9.17) is 9.47 Å². The van der Waals surface area contributed by atoms with Crippen LogP contribution in [0.15, 0.2) is 108 Å². The van der Waals surface area contributed by atoms with Crippen LogP contribution in [0.2, 0.25) is 0 Å². The minimum absolute atomic E-state index is 0.0198. The fraction of sp³-hybridized carbons (Fsp3) is 0.167. The van der Waals surface area contributed by atoms with Crippen LogP contribution >= 0.6 is 0 Å². The van der Waals surface area contributed by atoms with E-state index in [0.29, 0.717) is 35.1 Å². The number of esters is 2. The SMILES string of the molecule is C=C(C)C(=O)OCCn1c2ccccc2c(=O)c2ccccc21.C=C(C)C(=O)OCc1ccccc1. The molecule has 0 saturated heterocycles. The van der Waals surface area contributed by atoms with Crippen molar-refractivity contribution in [2.24, 2.45) is 0 Å². The second kappa shape index (κ2) is 12.3. The van der Waals surface area contributed by atoms with E-state index in [-0.39, 0.29) is 18.0 Å². The van der Waals surface area contributed by atoms with Gasteiger partial charge in [-0.05, 0) is 43.7 Å². The Bertz CT molecular complexity index is 1410. The Labute approximate surface area is 210 Å². The first-order valence-corrected chi connectivity index (χ1v) is 11.5. The molecule has 1 aromatic heterocycles. The molecular weight excluding hydrogens is 454 g/mol. The van der Waals surface area contributed by atoms with Gasteiger partial charge in [-0.15, -0.1) is 0 Å². The van der Waals surface area contributed by atoms with Crippen LogP contribution in [-0.2, 0) is 32.2 Å². The number of hydrogen-bond donors (Lipinski definition) is 0. The molecule has 0 radical (unpaired) electrons. The first-order valence-electron chi connectivity index (χ1n) is 11.5. The van der Waals surface area contributed by atoms with Crippen LogP contribution in [0.1, 0.15) is 19.4 Å². The van der Waals surface area contributed by atoms with Crippen LogP contribution in [0.4, 0.5) is 0 Å². The molecule has 0 spiro atoms. The molecule has 184 valence electrons. The van der Waals surface area contributed by atoms with Gasteiger partial charge in [0, 0.05) is 21.9 Å². The van der Waals surface area contributed by atoms with Gasteiger partial charge in [-0.1, -0.05) is 67.8 Å². The van der Waals surface area contributed by atoms with Crippen molar-refractivity contribution in [1.29, 1.82) is 0 Å². The van der Waals surface area contributed by atoms with Gasteiger partial charge in [0.05, 0.1) is 17.6 Å². The standard InChI is InChI=1S/C19H17NO3.C11H12O2/c1-13(2)19(22)23-12-11-20-16-9-5-3-7-14(16)18(21)15-8-4-6-10-17(15)20;1-9(2)11(12)13-8-10-6-4-3-5-7-10/h3-10H,1,11-12H2,2H3;3-7H,1,8H2,2H3. The van der Waals surface area contributed by atoms with Crippen molar-refractivity contribution in [3.63, 3.8) is 0 Å². The van der Waals surface area contributed by atoms with Gasteiger partial charge in [0.15, 0.2) is 5.43 Å². The Hall–Kier alpha value is -4.45. The number of benzene rings is 3. The number of ether oxygens (including phenoxy) is 2. The maximum absolute atomic E-state index is 12.6. The highest BCUT2D eigenvalue weighted by Gasteiger charge is 2.11. The van der Waals surface area contributed by atoms with Crippen molar-refractivity contribution < 1.29 is 19.1 Å². The predicted molar refractivity (Wildman–Crippen MR) is 143 cm³/mol. The third-order valence-electron chi connectivity index (χ3n) is 5.34. The molecule has 3 aromatic carbocycles. The molecule has 0 aliphatic heterocycles. The van der Waals surface area contributed by atoms with Crippen molar-refractivity contribution in [2.75, 3.05) is 6.61 Å². The van der Waals surface area contributed by atoms with Crippen molar-refractivity contribution in [1.82, 2.24) is 4.57 Å². The summed E-state index contributed by atoms with van der Waals surface area (Å²) < 4.78 is 12.2. The van der Waals surface area contributed by atoms with E-state index in [2.05, 4.69) is 13.2 Å². The van der Waals surface area contributed by atoms with Crippen LogP contribution in [0.25, 0.3) is 21.8 Å². The van der Waals surface area contributed by atoms with Crippen molar-refractivity contribution >= 4 is 33.7 Å². The number of aromatic nitrogens is 1. The fourth-order valence-corrected chi connectivity index (χ4v) is 3.52. The lowest BCUT2D eigenvalue weighted by atomic mass is 10.1. The van der Waals surface area contributed by atoms with E-state index in [1.54, 1.807) is 13.8 Å². The molecule has 0 saturated carbocycles. The number of rotatable bonds is 7. The van der Waals surface area contributed by atoms with Crippen LogP contribution in [0.3, 0.4) is 0 Å². The zero-order valence-electron chi connectivity index (χ0n) is 20.5. The van der Waals surface area contributed by atoms with E-state index in [9.17, 15) is 14.4 Å². The average Bonchev–Trinajstić information content (AvgIpc) is 2.90. The molecule has 36 heavy (non-hydrogen) atoms. The molecule has 4 aromatic rings. The van der Waals surface area contributed by atoms with Gasteiger partial charge < -0.3 is 14.0 Å². The lowest BCUT2D eigenvalue weighted by Crippen LogP contribution is -2.16. The molecule has 1 heterocycles. The second-order valence-corrected chi connectivity index (χ2v) is 8.27. The van der Waals surface area contributed by atoms with Crippen LogP contribution in [0, 0.1) is 0 Å². The zero-order chi connectivity index (χ0) is 26.1. The molecular formula is C30H29NO5. The highest BCUT2D eigenvalue weighted by Crippen LogP contribution is 2.19. The minimum atomic E-state index is -0.403. The normalized spacial score (nSPS) is 10.3. The monoisotopic (exact) mass is 483 g/mol. The van der Waals surface area contributed by atoms with Gasteiger partial charge in [0.25, 0.3) is 0 Å². The Morgan fingerprint density at radius 1 is 0.722 bits per heavy atom. The first kappa shape index (κ1) is 26.2. The smallest absolute Gasteiger partial charge is 0.333 e. The first-order chi connectivity index (χ1) is 17.3. The number of carbonyl (C=O) groups is 2. The summed E-state index contributed by atoms with van der Waals surface area (Å²) >= 11 is 0. The summed E-state index contributed by atoms with van der Waals surface area (Å²) in [4.78, 5) is 35.1. The lowest BCUT2D eigenvalue weighted by molar-refractivity contribution is -0.140. The third kappa shape index (κ3) is 6.57. The van der Waals surface area contributed by atoms with E-state index >= 15 is 0 Å². The second-order valence-electron chi connectivity index (χ2n) is 8.27. The van der Waals surface area contributed by atoms with Crippen molar-refractivity contribution in [2.45, 2.75) is 27.0 Å². The highest BCUT2D eigenvalue weighted by molar-refractivity contribution is 5.93. The highest BCUT2D eigenvalue weighted by atomic mass is 16.5. The summed E-state index contributed by atoms with van der Waals surface area (Å²) in [5, 5.41) is 1.33. The molecule has 0 aliphatic rings. The number of pyridine rings is 1. The topological polar surface area (TPSA) is 74.6 Å². The summed E-state index contributed by atoms with van der Waals surface area (Å²) in [6.45, 7) is 11.3. The number of para-hydroxylation sites is 2. The van der Waals surface area contributed by atoms with Gasteiger partial charge >= 0.3 is 11.9 Å². The fourth-order valence-electron chi connectivity index (χ4n) is 3.52. The molecule has 6 nitrogen and oxygen atoms in total. The number of fused-ring (bicyclic) bond motifs is 2. The summed E-state index contributed by atoms with van der Waals surface area (Å²) in [6, 6.07) is 24.5. The molecule has 4 rings (SSSR count). The lowest BCUT2D eigenvalue weighted by Gasteiger charge is -2.15. The van der Waals surface area contributed by atoms with Crippen LogP contribution in [-0.4, -0.2) is 23.1 Å². The Kier molecular flexibility index (Phi) is 8.95. The molecule has 0 N–H and O–H groups in total. The van der Waals surface area contributed by atoms with Crippen LogP contribution in [0.5, 0.6) is 0 Å². The maximum Gasteiger partial charge on any atom is 0.333 e. The third-order valence-corrected chi connectivity index (χ3v) is 5.34. The molecule has 0 unspecified atom stereocenters. The van der Waals surface area contributed by atoms with Crippen molar-refractivity contribution in [3.05, 3.63) is 119 Å². The quantitative estimate of drug-likeness (QED) is 0.195. The number of nitrogens with zero attached hydrogens (tertiary/aromatic N) is 1.